The van der Waals surface area contributed by atoms with E-state index in [2.05, 4.69) is 158 Å². The molecule has 8 aromatic carbocycles. The van der Waals surface area contributed by atoms with E-state index in [0.29, 0.717) is 0 Å². The normalized spacial score (nSPS) is 11.5. The van der Waals surface area contributed by atoms with E-state index in [1.165, 1.54) is 76.5 Å². The standard InChI is InChI=1S/C40H26/c1-3-11-29-25-31(19-17-27(29)9-1)33-21-23-39(37-15-7-5-13-35(33)37)40-24-22-34(36-14-6-8-16-38(36)40)32-20-18-28-10-2-4-12-30(28)26-32/h1-26H. The zero-order valence-corrected chi connectivity index (χ0v) is 22.0. The minimum atomic E-state index is 1.25. The zero-order chi connectivity index (χ0) is 26.5. The van der Waals surface area contributed by atoms with Gasteiger partial charge in [-0.2, -0.15) is 0 Å². The van der Waals surface area contributed by atoms with Crippen LogP contribution < -0.4 is 0 Å². The second-order valence-corrected chi connectivity index (χ2v) is 10.5. The summed E-state index contributed by atoms with van der Waals surface area (Å²) in [6, 6.07) is 57.6. The van der Waals surface area contributed by atoms with Gasteiger partial charge in [0.1, 0.15) is 0 Å². The van der Waals surface area contributed by atoms with Crippen molar-refractivity contribution in [2.45, 2.75) is 0 Å². The van der Waals surface area contributed by atoms with Crippen molar-refractivity contribution in [1.29, 1.82) is 0 Å². The monoisotopic (exact) mass is 506 g/mol. The zero-order valence-electron chi connectivity index (χ0n) is 22.0. The van der Waals surface area contributed by atoms with Crippen LogP contribution in [-0.2, 0) is 0 Å². The van der Waals surface area contributed by atoms with Crippen LogP contribution in [0.4, 0.5) is 0 Å². The van der Waals surface area contributed by atoms with Gasteiger partial charge in [0.15, 0.2) is 0 Å². The predicted octanol–water partition coefficient (Wildman–Crippen LogP) is 11.3. The Morgan fingerprint density at radius 3 is 0.975 bits per heavy atom. The van der Waals surface area contributed by atoms with Gasteiger partial charge >= 0.3 is 0 Å². The van der Waals surface area contributed by atoms with Crippen molar-refractivity contribution in [2.75, 3.05) is 0 Å². The third-order valence-electron chi connectivity index (χ3n) is 8.26. The van der Waals surface area contributed by atoms with Gasteiger partial charge in [0.25, 0.3) is 0 Å². The largest absolute Gasteiger partial charge is 0.0616 e. The summed E-state index contributed by atoms with van der Waals surface area (Å²) in [5, 5.41) is 10.2. The third kappa shape index (κ3) is 3.69. The molecule has 0 heteroatoms. The van der Waals surface area contributed by atoms with E-state index in [1.54, 1.807) is 0 Å². The summed E-state index contributed by atoms with van der Waals surface area (Å²) in [7, 11) is 0. The topological polar surface area (TPSA) is 0 Å². The Balaban J connectivity index is 1.32. The van der Waals surface area contributed by atoms with Gasteiger partial charge in [-0.25, -0.2) is 0 Å². The number of rotatable bonds is 3. The molecule has 0 nitrogen and oxygen atoms in total. The van der Waals surface area contributed by atoms with Gasteiger partial charge in [0.2, 0.25) is 0 Å². The number of hydrogen-bond acceptors (Lipinski definition) is 0. The molecule has 0 aliphatic carbocycles. The quantitative estimate of drug-likeness (QED) is 0.223. The molecule has 0 fully saturated rings. The van der Waals surface area contributed by atoms with Gasteiger partial charge in [-0.3, -0.25) is 0 Å². The second kappa shape index (κ2) is 9.22. The maximum Gasteiger partial charge on any atom is -0.00987 e. The van der Waals surface area contributed by atoms with Gasteiger partial charge in [-0.15, -0.1) is 0 Å². The van der Waals surface area contributed by atoms with Crippen LogP contribution in [0.5, 0.6) is 0 Å². The van der Waals surface area contributed by atoms with Crippen molar-refractivity contribution < 1.29 is 0 Å². The van der Waals surface area contributed by atoms with Gasteiger partial charge in [-0.1, -0.05) is 146 Å². The van der Waals surface area contributed by atoms with Crippen molar-refractivity contribution >= 4 is 43.1 Å². The number of benzene rings is 8. The molecule has 0 spiro atoms. The summed E-state index contributed by atoms with van der Waals surface area (Å²) < 4.78 is 0. The highest BCUT2D eigenvalue weighted by Crippen LogP contribution is 2.41. The first-order valence-corrected chi connectivity index (χ1v) is 13.9. The molecule has 0 radical (unpaired) electrons. The smallest absolute Gasteiger partial charge is 0.00987 e. The highest BCUT2D eigenvalue weighted by Gasteiger charge is 2.14. The molecule has 8 rings (SSSR count). The van der Waals surface area contributed by atoms with E-state index in [4.69, 9.17) is 0 Å². The summed E-state index contributed by atoms with van der Waals surface area (Å²) in [6.45, 7) is 0. The Bertz CT molecular complexity index is 2060. The van der Waals surface area contributed by atoms with Crippen molar-refractivity contribution in [1.82, 2.24) is 0 Å². The fourth-order valence-corrected chi connectivity index (χ4v) is 6.29. The summed E-state index contributed by atoms with van der Waals surface area (Å²) >= 11 is 0. The molecular formula is C40H26. The number of fused-ring (bicyclic) bond motifs is 4. The van der Waals surface area contributed by atoms with Crippen LogP contribution >= 0.6 is 0 Å². The van der Waals surface area contributed by atoms with Crippen LogP contribution in [0.2, 0.25) is 0 Å². The van der Waals surface area contributed by atoms with Crippen LogP contribution in [0.1, 0.15) is 0 Å². The van der Waals surface area contributed by atoms with E-state index >= 15 is 0 Å². The minimum Gasteiger partial charge on any atom is -0.0616 e. The maximum atomic E-state index is 2.31. The number of hydrogen-bond donors (Lipinski definition) is 0. The van der Waals surface area contributed by atoms with Crippen LogP contribution in [0.3, 0.4) is 0 Å². The van der Waals surface area contributed by atoms with Crippen molar-refractivity contribution in [3.8, 4) is 33.4 Å². The van der Waals surface area contributed by atoms with Gasteiger partial charge < -0.3 is 0 Å². The first kappa shape index (κ1) is 22.8. The average molecular weight is 507 g/mol. The molecule has 0 unspecified atom stereocenters. The molecule has 0 bridgehead atoms. The molecule has 40 heavy (non-hydrogen) atoms. The van der Waals surface area contributed by atoms with Gasteiger partial charge in [-0.05, 0) is 88.6 Å². The van der Waals surface area contributed by atoms with Gasteiger partial charge in [0, 0.05) is 0 Å². The van der Waals surface area contributed by atoms with E-state index in [-0.39, 0.29) is 0 Å². The lowest BCUT2D eigenvalue weighted by Gasteiger charge is -2.16. The lowest BCUT2D eigenvalue weighted by atomic mass is 9.87. The summed E-state index contributed by atoms with van der Waals surface area (Å²) in [6.07, 6.45) is 0. The van der Waals surface area contributed by atoms with E-state index in [0.717, 1.165) is 0 Å². The van der Waals surface area contributed by atoms with Crippen LogP contribution in [-0.4, -0.2) is 0 Å². The summed E-state index contributed by atoms with van der Waals surface area (Å²) in [5.74, 6) is 0. The first-order chi connectivity index (χ1) is 19.8. The lowest BCUT2D eigenvalue weighted by molar-refractivity contribution is 1.64. The third-order valence-corrected chi connectivity index (χ3v) is 8.26. The van der Waals surface area contributed by atoms with Crippen molar-refractivity contribution in [3.05, 3.63) is 158 Å². The average Bonchev–Trinajstić information content (AvgIpc) is 3.03. The lowest BCUT2D eigenvalue weighted by Crippen LogP contribution is -1.89. The fraction of sp³-hybridized carbons (Fsp3) is 0. The summed E-state index contributed by atoms with van der Waals surface area (Å²) in [4.78, 5) is 0. The van der Waals surface area contributed by atoms with E-state index in [9.17, 15) is 0 Å². The molecule has 0 aliphatic heterocycles. The summed E-state index contributed by atoms with van der Waals surface area (Å²) in [5.41, 5.74) is 7.56. The van der Waals surface area contributed by atoms with Crippen LogP contribution in [0.15, 0.2) is 158 Å². The Labute approximate surface area is 233 Å². The second-order valence-electron chi connectivity index (χ2n) is 10.5. The van der Waals surface area contributed by atoms with E-state index in [1.807, 2.05) is 0 Å². The Kier molecular flexibility index (Phi) is 5.24. The highest BCUT2D eigenvalue weighted by atomic mass is 14.2. The maximum absolute atomic E-state index is 2.31. The molecule has 0 N–H and O–H groups in total. The minimum absolute atomic E-state index is 1.25. The molecule has 0 aliphatic rings. The first-order valence-electron chi connectivity index (χ1n) is 13.9. The van der Waals surface area contributed by atoms with E-state index < -0.39 is 0 Å². The molecule has 0 saturated heterocycles. The molecule has 0 atom stereocenters. The highest BCUT2D eigenvalue weighted by molar-refractivity contribution is 6.12. The van der Waals surface area contributed by atoms with Gasteiger partial charge in [0.05, 0.1) is 0 Å². The Morgan fingerprint density at radius 1 is 0.225 bits per heavy atom. The van der Waals surface area contributed by atoms with Crippen LogP contribution in [0, 0.1) is 0 Å². The molecule has 0 saturated carbocycles. The molecule has 0 aromatic heterocycles. The molecule has 0 heterocycles. The molecule has 186 valence electrons. The van der Waals surface area contributed by atoms with Crippen LogP contribution in [0.25, 0.3) is 76.5 Å². The Hall–Kier alpha value is -5.20. The molecule has 0 amide bonds. The predicted molar refractivity (Wildman–Crippen MR) is 173 cm³/mol. The Morgan fingerprint density at radius 2 is 0.550 bits per heavy atom. The fourth-order valence-electron chi connectivity index (χ4n) is 6.29. The molecular weight excluding hydrogens is 480 g/mol. The van der Waals surface area contributed by atoms with Crippen molar-refractivity contribution in [2.24, 2.45) is 0 Å². The SMILES string of the molecule is c1ccc2cc(-c3ccc(-c4ccc(-c5ccc6ccccc6c5)c5ccccc45)c4ccccc34)ccc2c1. The molecule has 8 aromatic rings. The van der Waals surface area contributed by atoms with Crippen molar-refractivity contribution in [3.63, 3.8) is 0 Å².